The molecule has 2 rings (SSSR count). The van der Waals surface area contributed by atoms with E-state index in [1.165, 1.54) is 12.1 Å². The molecule has 18 heavy (non-hydrogen) atoms. The van der Waals surface area contributed by atoms with Gasteiger partial charge in [0, 0.05) is 16.1 Å². The van der Waals surface area contributed by atoms with Crippen LogP contribution < -0.4 is 0 Å². The number of halogens is 1. The summed E-state index contributed by atoms with van der Waals surface area (Å²) in [6, 6.07) is 7.78. The highest BCUT2D eigenvalue weighted by atomic mass is 35.7. The Balaban J connectivity index is 3.08. The first-order chi connectivity index (χ1) is 8.32. The van der Waals surface area contributed by atoms with Crippen molar-refractivity contribution in [2.75, 3.05) is 0 Å². The highest BCUT2D eigenvalue weighted by Gasteiger charge is 2.20. The van der Waals surface area contributed by atoms with Gasteiger partial charge in [0.1, 0.15) is 0 Å². The zero-order valence-corrected chi connectivity index (χ0v) is 10.9. The number of hydrogen-bond donors (Lipinski definition) is 1. The van der Waals surface area contributed by atoms with E-state index in [9.17, 15) is 18.3 Å². The largest absolute Gasteiger partial charge is 0.478 e. The maximum absolute atomic E-state index is 11.5. The van der Waals surface area contributed by atoms with Gasteiger partial charge >= 0.3 is 5.97 Å². The predicted molar refractivity (Wildman–Crippen MR) is 68.7 cm³/mol. The molecule has 0 atom stereocenters. The lowest BCUT2D eigenvalue weighted by Crippen LogP contribution is -2.04. The summed E-state index contributed by atoms with van der Waals surface area (Å²) in [5.41, 5.74) is 0.454. The monoisotopic (exact) mass is 284 g/mol. The van der Waals surface area contributed by atoms with Gasteiger partial charge in [-0.2, -0.15) is 0 Å². The molecule has 0 saturated carbocycles. The van der Waals surface area contributed by atoms with Gasteiger partial charge in [-0.05, 0) is 23.9 Å². The Hall–Kier alpha value is -1.59. The van der Waals surface area contributed by atoms with Crippen LogP contribution in [-0.4, -0.2) is 19.5 Å². The number of carboxylic acid groups (broad SMARTS) is 1. The number of aryl methyl sites for hydroxylation is 1. The first kappa shape index (κ1) is 12.9. The van der Waals surface area contributed by atoms with Gasteiger partial charge < -0.3 is 5.11 Å². The molecule has 1 N–H and O–H groups in total. The zero-order valence-electron chi connectivity index (χ0n) is 9.34. The van der Waals surface area contributed by atoms with Crippen LogP contribution >= 0.6 is 10.7 Å². The Labute approximate surface area is 108 Å². The molecule has 0 spiro atoms. The molecule has 0 radical (unpaired) electrons. The van der Waals surface area contributed by atoms with Crippen molar-refractivity contribution in [3.8, 4) is 0 Å². The van der Waals surface area contributed by atoms with Crippen molar-refractivity contribution >= 4 is 36.5 Å². The van der Waals surface area contributed by atoms with Crippen LogP contribution in [0.1, 0.15) is 15.9 Å². The van der Waals surface area contributed by atoms with Crippen LogP contribution in [0.3, 0.4) is 0 Å². The third-order valence-electron chi connectivity index (χ3n) is 2.69. The summed E-state index contributed by atoms with van der Waals surface area (Å²) in [4.78, 5) is 11.1. The van der Waals surface area contributed by atoms with Gasteiger partial charge in [-0.3, -0.25) is 0 Å². The van der Waals surface area contributed by atoms with Gasteiger partial charge in [0.2, 0.25) is 0 Å². The van der Waals surface area contributed by atoms with Gasteiger partial charge in [0.25, 0.3) is 9.05 Å². The number of carbonyl (C=O) groups is 1. The van der Waals surface area contributed by atoms with Crippen molar-refractivity contribution in [1.29, 1.82) is 0 Å². The van der Waals surface area contributed by atoms with Crippen LogP contribution in [0.5, 0.6) is 0 Å². The molecule has 0 bridgehead atoms. The van der Waals surface area contributed by atoms with E-state index in [1.54, 1.807) is 25.1 Å². The second-order valence-corrected chi connectivity index (χ2v) is 6.39. The van der Waals surface area contributed by atoms with Crippen LogP contribution in [0.15, 0.2) is 35.2 Å². The minimum Gasteiger partial charge on any atom is -0.478 e. The van der Waals surface area contributed by atoms with Crippen LogP contribution in [-0.2, 0) is 9.05 Å². The molecule has 2 aromatic carbocycles. The molecule has 0 aliphatic heterocycles. The molecular formula is C12H9ClO4S. The lowest BCUT2D eigenvalue weighted by molar-refractivity contribution is 0.0698. The van der Waals surface area contributed by atoms with Gasteiger partial charge in [-0.25, -0.2) is 13.2 Å². The van der Waals surface area contributed by atoms with Gasteiger partial charge in [-0.15, -0.1) is 0 Å². The van der Waals surface area contributed by atoms with Gasteiger partial charge in [-0.1, -0.05) is 24.3 Å². The number of carboxylic acids is 1. The molecule has 94 valence electrons. The Bertz CT molecular complexity index is 750. The number of aromatic carboxylic acids is 1. The van der Waals surface area contributed by atoms with Gasteiger partial charge in [0.05, 0.1) is 10.5 Å². The molecule has 0 aliphatic carbocycles. The maximum Gasteiger partial charge on any atom is 0.336 e. The molecule has 4 nitrogen and oxygen atoms in total. The first-order valence-electron chi connectivity index (χ1n) is 5.02. The van der Waals surface area contributed by atoms with Crippen LogP contribution in [0.2, 0.25) is 0 Å². The minimum atomic E-state index is -3.99. The Morgan fingerprint density at radius 2 is 1.89 bits per heavy atom. The predicted octanol–water partition coefficient (Wildman–Crippen LogP) is 2.77. The molecule has 0 unspecified atom stereocenters. The summed E-state index contributed by atoms with van der Waals surface area (Å²) >= 11 is 0. The second-order valence-electron chi connectivity index (χ2n) is 3.85. The number of fused-ring (bicyclic) bond motifs is 1. The Morgan fingerprint density at radius 3 is 2.44 bits per heavy atom. The highest BCUT2D eigenvalue weighted by Crippen LogP contribution is 2.30. The van der Waals surface area contributed by atoms with Crippen molar-refractivity contribution < 1.29 is 18.3 Å². The zero-order chi connectivity index (χ0) is 13.5. The lowest BCUT2D eigenvalue weighted by atomic mass is 10.00. The standard InChI is InChI=1S/C12H9ClO4S/c1-7-5-6-8-3-2-4-9(18(13,16)17)11(8)10(7)12(14)15/h2-6H,1H3,(H,14,15). The smallest absolute Gasteiger partial charge is 0.336 e. The molecule has 0 fully saturated rings. The molecular weight excluding hydrogens is 276 g/mol. The van der Waals surface area contributed by atoms with Crippen molar-refractivity contribution in [1.82, 2.24) is 0 Å². The molecule has 0 aromatic heterocycles. The van der Waals surface area contributed by atoms with Crippen molar-refractivity contribution in [2.45, 2.75) is 11.8 Å². The fraction of sp³-hybridized carbons (Fsp3) is 0.0833. The Kier molecular flexibility index (Phi) is 3.04. The van der Waals surface area contributed by atoms with Crippen LogP contribution in [0.4, 0.5) is 0 Å². The average molecular weight is 285 g/mol. The van der Waals surface area contributed by atoms with Crippen LogP contribution in [0.25, 0.3) is 10.8 Å². The van der Waals surface area contributed by atoms with E-state index in [-0.39, 0.29) is 15.8 Å². The quantitative estimate of drug-likeness (QED) is 0.861. The van der Waals surface area contributed by atoms with E-state index in [4.69, 9.17) is 10.7 Å². The summed E-state index contributed by atoms with van der Waals surface area (Å²) in [5.74, 6) is -1.18. The van der Waals surface area contributed by atoms with E-state index in [0.717, 1.165) is 0 Å². The van der Waals surface area contributed by atoms with E-state index in [1.807, 2.05) is 0 Å². The number of benzene rings is 2. The van der Waals surface area contributed by atoms with E-state index in [2.05, 4.69) is 0 Å². The second kappa shape index (κ2) is 4.26. The fourth-order valence-electron chi connectivity index (χ4n) is 1.93. The minimum absolute atomic E-state index is 0.0349. The highest BCUT2D eigenvalue weighted by molar-refractivity contribution is 8.14. The van der Waals surface area contributed by atoms with Gasteiger partial charge in [0.15, 0.2) is 0 Å². The van der Waals surface area contributed by atoms with Crippen LogP contribution in [0, 0.1) is 6.92 Å². The Morgan fingerprint density at radius 1 is 1.22 bits per heavy atom. The average Bonchev–Trinajstić information content (AvgIpc) is 2.26. The molecule has 0 saturated heterocycles. The summed E-state index contributed by atoms with van der Waals surface area (Å²) in [6.07, 6.45) is 0. The van der Waals surface area contributed by atoms with E-state index < -0.39 is 15.0 Å². The lowest BCUT2D eigenvalue weighted by Gasteiger charge is -2.09. The molecule has 0 aliphatic rings. The SMILES string of the molecule is Cc1ccc2cccc(S(=O)(=O)Cl)c2c1C(=O)O. The van der Waals surface area contributed by atoms with Crippen molar-refractivity contribution in [2.24, 2.45) is 0 Å². The molecule has 0 heterocycles. The normalized spacial score (nSPS) is 11.7. The fourth-order valence-corrected chi connectivity index (χ4v) is 3.02. The third kappa shape index (κ3) is 2.07. The molecule has 6 heteroatoms. The maximum atomic E-state index is 11.5. The molecule has 2 aromatic rings. The summed E-state index contributed by atoms with van der Waals surface area (Å²) in [5, 5.41) is 9.90. The molecule has 0 amide bonds. The summed E-state index contributed by atoms with van der Waals surface area (Å²) in [7, 11) is 1.35. The van der Waals surface area contributed by atoms with E-state index in [0.29, 0.717) is 10.9 Å². The first-order valence-corrected chi connectivity index (χ1v) is 7.33. The summed E-state index contributed by atoms with van der Waals surface area (Å²) < 4.78 is 23.0. The third-order valence-corrected chi connectivity index (χ3v) is 4.06. The summed E-state index contributed by atoms with van der Waals surface area (Å²) in [6.45, 7) is 1.61. The number of hydrogen-bond acceptors (Lipinski definition) is 3. The van der Waals surface area contributed by atoms with Crippen molar-refractivity contribution in [3.05, 3.63) is 41.5 Å². The van der Waals surface area contributed by atoms with E-state index >= 15 is 0 Å². The number of rotatable bonds is 2. The topological polar surface area (TPSA) is 71.4 Å². The van der Waals surface area contributed by atoms with Crippen molar-refractivity contribution in [3.63, 3.8) is 0 Å².